The molecule has 0 aliphatic rings. The quantitative estimate of drug-likeness (QED) is 0.668. The third-order valence-electron chi connectivity index (χ3n) is 4.01. The molecular formula is C21H27N3O3. The summed E-state index contributed by atoms with van der Waals surface area (Å²) in [6.45, 7) is 8.34. The largest absolute Gasteiger partial charge is 0.492 e. The summed E-state index contributed by atoms with van der Waals surface area (Å²) in [4.78, 5) is 24.2. The summed E-state index contributed by atoms with van der Waals surface area (Å²) in [6.07, 6.45) is 0. The number of aryl methyl sites for hydroxylation is 3. The molecule has 0 aromatic heterocycles. The van der Waals surface area contributed by atoms with Crippen molar-refractivity contribution in [1.82, 2.24) is 5.32 Å². The van der Waals surface area contributed by atoms with E-state index in [9.17, 15) is 9.59 Å². The highest BCUT2D eigenvalue weighted by molar-refractivity contribution is 5.96. The van der Waals surface area contributed by atoms with Crippen LogP contribution in [0.2, 0.25) is 0 Å². The number of benzene rings is 2. The zero-order chi connectivity index (χ0) is 19.8. The van der Waals surface area contributed by atoms with Crippen molar-refractivity contribution < 1.29 is 14.3 Å². The minimum atomic E-state index is -0.270. The minimum absolute atomic E-state index is 0.0555. The van der Waals surface area contributed by atoms with Gasteiger partial charge in [-0.05, 0) is 51.0 Å². The number of amides is 2. The molecule has 0 atom stereocenters. The molecule has 0 unspecified atom stereocenters. The van der Waals surface area contributed by atoms with Crippen LogP contribution in [0, 0.1) is 20.8 Å². The van der Waals surface area contributed by atoms with Crippen molar-refractivity contribution in [2.75, 3.05) is 30.3 Å². The Bertz CT molecular complexity index is 795. The van der Waals surface area contributed by atoms with E-state index in [0.29, 0.717) is 12.4 Å². The van der Waals surface area contributed by atoms with Gasteiger partial charge in [-0.3, -0.25) is 9.59 Å². The molecule has 0 saturated carbocycles. The lowest BCUT2D eigenvalue weighted by molar-refractivity contribution is -0.122. The summed E-state index contributed by atoms with van der Waals surface area (Å²) in [5, 5.41) is 8.51. The summed E-state index contributed by atoms with van der Waals surface area (Å²) in [5.41, 5.74) is 4.69. The van der Waals surface area contributed by atoms with E-state index in [-0.39, 0.29) is 24.9 Å². The first-order valence-electron chi connectivity index (χ1n) is 9.00. The Labute approximate surface area is 160 Å². The number of anilines is 2. The summed E-state index contributed by atoms with van der Waals surface area (Å²) < 4.78 is 5.51. The van der Waals surface area contributed by atoms with Gasteiger partial charge in [0.1, 0.15) is 5.75 Å². The number of hydrogen-bond donors (Lipinski definition) is 3. The molecule has 6 nitrogen and oxygen atoms in total. The second-order valence-corrected chi connectivity index (χ2v) is 6.38. The van der Waals surface area contributed by atoms with E-state index in [2.05, 4.69) is 16.0 Å². The smallest absolute Gasteiger partial charge is 0.243 e. The number of hydrogen-bond acceptors (Lipinski definition) is 4. The summed E-state index contributed by atoms with van der Waals surface area (Å²) >= 11 is 0. The Kier molecular flexibility index (Phi) is 7.23. The highest BCUT2D eigenvalue weighted by Crippen LogP contribution is 2.23. The van der Waals surface area contributed by atoms with E-state index >= 15 is 0 Å². The first-order chi connectivity index (χ1) is 12.9. The third kappa shape index (κ3) is 6.02. The Morgan fingerprint density at radius 2 is 1.63 bits per heavy atom. The van der Waals surface area contributed by atoms with Crippen molar-refractivity contribution in [1.29, 1.82) is 0 Å². The predicted octanol–water partition coefficient (Wildman–Crippen LogP) is 3.18. The van der Waals surface area contributed by atoms with Gasteiger partial charge in [-0.2, -0.15) is 0 Å². The lowest BCUT2D eigenvalue weighted by atomic mass is 10.1. The molecule has 6 heteroatoms. The Balaban J connectivity index is 1.83. The lowest BCUT2D eigenvalue weighted by Gasteiger charge is -2.14. The fourth-order valence-electron chi connectivity index (χ4n) is 2.87. The van der Waals surface area contributed by atoms with Gasteiger partial charge in [0.2, 0.25) is 11.8 Å². The normalized spacial score (nSPS) is 10.2. The van der Waals surface area contributed by atoms with Crippen LogP contribution >= 0.6 is 0 Å². The minimum Gasteiger partial charge on any atom is -0.492 e. The monoisotopic (exact) mass is 369 g/mol. The summed E-state index contributed by atoms with van der Waals surface area (Å²) in [7, 11) is 0. The highest BCUT2D eigenvalue weighted by Gasteiger charge is 2.10. The van der Waals surface area contributed by atoms with Gasteiger partial charge in [0.25, 0.3) is 0 Å². The molecule has 0 saturated heterocycles. The van der Waals surface area contributed by atoms with Crippen LogP contribution in [-0.2, 0) is 9.59 Å². The van der Waals surface area contributed by atoms with E-state index in [0.717, 1.165) is 28.1 Å². The van der Waals surface area contributed by atoms with Gasteiger partial charge in [-0.25, -0.2) is 0 Å². The zero-order valence-electron chi connectivity index (χ0n) is 16.3. The molecule has 2 aromatic rings. The van der Waals surface area contributed by atoms with E-state index in [1.807, 2.05) is 64.1 Å². The van der Waals surface area contributed by atoms with Crippen molar-refractivity contribution in [2.45, 2.75) is 27.7 Å². The maximum Gasteiger partial charge on any atom is 0.243 e. The molecule has 2 rings (SSSR count). The topological polar surface area (TPSA) is 79.5 Å². The molecule has 0 spiro atoms. The average molecular weight is 369 g/mol. The van der Waals surface area contributed by atoms with E-state index < -0.39 is 0 Å². The fraction of sp³-hybridized carbons (Fsp3) is 0.333. The molecule has 144 valence electrons. The van der Waals surface area contributed by atoms with Crippen molar-refractivity contribution in [3.8, 4) is 5.75 Å². The molecule has 0 aliphatic carbocycles. The molecule has 27 heavy (non-hydrogen) atoms. The second-order valence-electron chi connectivity index (χ2n) is 6.38. The van der Waals surface area contributed by atoms with Crippen LogP contribution in [0.5, 0.6) is 5.75 Å². The van der Waals surface area contributed by atoms with Gasteiger partial charge in [0.15, 0.2) is 0 Å². The maximum absolute atomic E-state index is 12.2. The molecule has 0 bridgehead atoms. The van der Waals surface area contributed by atoms with Crippen LogP contribution in [0.4, 0.5) is 11.4 Å². The van der Waals surface area contributed by atoms with Gasteiger partial charge < -0.3 is 20.7 Å². The van der Waals surface area contributed by atoms with Crippen molar-refractivity contribution >= 4 is 23.2 Å². The average Bonchev–Trinajstić information content (AvgIpc) is 2.62. The van der Waals surface area contributed by atoms with Crippen molar-refractivity contribution in [2.24, 2.45) is 0 Å². The van der Waals surface area contributed by atoms with Crippen molar-refractivity contribution in [3.05, 3.63) is 53.1 Å². The molecule has 3 N–H and O–H groups in total. The van der Waals surface area contributed by atoms with Crippen molar-refractivity contribution in [3.63, 3.8) is 0 Å². The fourth-order valence-corrected chi connectivity index (χ4v) is 2.87. The molecule has 0 fully saturated rings. The van der Waals surface area contributed by atoms with E-state index in [1.54, 1.807) is 0 Å². The van der Waals surface area contributed by atoms with E-state index in [1.165, 1.54) is 0 Å². The first-order valence-corrected chi connectivity index (χ1v) is 9.00. The number of carbonyl (C=O) groups excluding carboxylic acids is 2. The number of rotatable bonds is 8. The van der Waals surface area contributed by atoms with Gasteiger partial charge in [-0.15, -0.1) is 0 Å². The van der Waals surface area contributed by atoms with Gasteiger partial charge >= 0.3 is 0 Å². The Hall–Kier alpha value is -3.02. The zero-order valence-corrected chi connectivity index (χ0v) is 16.3. The van der Waals surface area contributed by atoms with Gasteiger partial charge in [0, 0.05) is 5.69 Å². The van der Waals surface area contributed by atoms with Crippen LogP contribution in [0.1, 0.15) is 23.6 Å². The SMILES string of the molecule is CCOc1ccccc1NCC(=O)NCC(=O)Nc1c(C)cc(C)cc1C. The number of carbonyl (C=O) groups is 2. The van der Waals surface area contributed by atoms with Gasteiger partial charge in [-0.1, -0.05) is 29.8 Å². The molecular weight excluding hydrogens is 342 g/mol. The van der Waals surface area contributed by atoms with Gasteiger partial charge in [0.05, 0.1) is 25.4 Å². The molecule has 0 radical (unpaired) electrons. The van der Waals surface area contributed by atoms with Crippen LogP contribution < -0.4 is 20.7 Å². The Morgan fingerprint density at radius 3 is 2.30 bits per heavy atom. The maximum atomic E-state index is 12.2. The summed E-state index contributed by atoms with van der Waals surface area (Å²) in [6, 6.07) is 11.4. The predicted molar refractivity (Wildman–Crippen MR) is 108 cm³/mol. The third-order valence-corrected chi connectivity index (χ3v) is 4.01. The van der Waals surface area contributed by atoms with Crippen LogP contribution in [-0.4, -0.2) is 31.5 Å². The Morgan fingerprint density at radius 1 is 0.963 bits per heavy atom. The van der Waals surface area contributed by atoms with Crippen LogP contribution in [0.3, 0.4) is 0 Å². The lowest BCUT2D eigenvalue weighted by Crippen LogP contribution is -2.36. The molecule has 2 amide bonds. The van der Waals surface area contributed by atoms with Crippen LogP contribution in [0.25, 0.3) is 0 Å². The summed E-state index contributed by atoms with van der Waals surface area (Å²) in [5.74, 6) is 0.165. The van der Waals surface area contributed by atoms with E-state index in [4.69, 9.17) is 4.74 Å². The molecule has 2 aromatic carbocycles. The molecule has 0 aliphatic heterocycles. The standard InChI is InChI=1S/C21H27N3O3/c1-5-27-18-9-7-6-8-17(18)22-12-19(25)23-13-20(26)24-21-15(3)10-14(2)11-16(21)4/h6-11,22H,5,12-13H2,1-4H3,(H,23,25)(H,24,26). The highest BCUT2D eigenvalue weighted by atomic mass is 16.5. The number of nitrogens with one attached hydrogen (secondary N) is 3. The number of para-hydroxylation sites is 2. The second kappa shape index (κ2) is 9.62. The first kappa shape index (κ1) is 20.3. The number of ether oxygens (including phenoxy) is 1. The van der Waals surface area contributed by atoms with Crippen LogP contribution in [0.15, 0.2) is 36.4 Å². The molecule has 0 heterocycles.